The lowest BCUT2D eigenvalue weighted by molar-refractivity contribution is -0.147. The molecule has 0 bridgehead atoms. The van der Waals surface area contributed by atoms with Gasteiger partial charge in [-0.05, 0) is 19.3 Å². The normalized spacial score (nSPS) is 26.1. The number of hydrazone groups is 1. The number of nitrogens with one attached hydrogen (secondary N) is 1. The van der Waals surface area contributed by atoms with Crippen molar-refractivity contribution in [2.45, 2.75) is 44.6 Å². The maximum Gasteiger partial charge on any atom is 0.308 e. The van der Waals surface area contributed by atoms with Gasteiger partial charge in [-0.3, -0.25) is 14.4 Å². The number of carbonyl (C=O) groups is 3. The average molecular weight is 295 g/mol. The van der Waals surface area contributed by atoms with Gasteiger partial charge in [0.1, 0.15) is 5.71 Å². The number of hydrogen-bond acceptors (Lipinski definition) is 5. The summed E-state index contributed by atoms with van der Waals surface area (Å²) < 4.78 is 4.77. The molecule has 1 aliphatic heterocycles. The molecule has 0 aromatic heterocycles. The van der Waals surface area contributed by atoms with Crippen LogP contribution in [-0.2, 0) is 19.1 Å². The SMILES string of the molecule is COC(=O)[C@@H]1CCC[C@H](NC(=O)C2=NN(C)C(=O)CC2)C1. The van der Waals surface area contributed by atoms with E-state index in [4.69, 9.17) is 4.74 Å². The molecule has 7 heteroatoms. The van der Waals surface area contributed by atoms with E-state index in [2.05, 4.69) is 10.4 Å². The van der Waals surface area contributed by atoms with E-state index in [-0.39, 0.29) is 29.7 Å². The van der Waals surface area contributed by atoms with Gasteiger partial charge in [-0.15, -0.1) is 0 Å². The Balaban J connectivity index is 1.92. The molecule has 1 aliphatic carbocycles. The molecule has 0 radical (unpaired) electrons. The predicted molar refractivity (Wildman–Crippen MR) is 75.3 cm³/mol. The van der Waals surface area contributed by atoms with Gasteiger partial charge < -0.3 is 10.1 Å². The maximum absolute atomic E-state index is 12.2. The fourth-order valence-electron chi connectivity index (χ4n) is 2.80. The zero-order valence-corrected chi connectivity index (χ0v) is 12.4. The number of methoxy groups -OCH3 is 1. The van der Waals surface area contributed by atoms with Crippen molar-refractivity contribution < 1.29 is 19.1 Å². The lowest BCUT2D eigenvalue weighted by Gasteiger charge is -2.28. The monoisotopic (exact) mass is 295 g/mol. The highest BCUT2D eigenvalue weighted by Crippen LogP contribution is 2.25. The largest absolute Gasteiger partial charge is 0.469 e. The molecular formula is C14H21N3O4. The highest BCUT2D eigenvalue weighted by atomic mass is 16.5. The summed E-state index contributed by atoms with van der Waals surface area (Å²) in [6.45, 7) is 0. The number of ether oxygens (including phenoxy) is 1. The Morgan fingerprint density at radius 1 is 1.33 bits per heavy atom. The second-order valence-electron chi connectivity index (χ2n) is 5.52. The second-order valence-corrected chi connectivity index (χ2v) is 5.52. The number of esters is 1. The van der Waals surface area contributed by atoms with E-state index in [9.17, 15) is 14.4 Å². The molecule has 7 nitrogen and oxygen atoms in total. The smallest absolute Gasteiger partial charge is 0.308 e. The zero-order chi connectivity index (χ0) is 15.4. The molecule has 1 fully saturated rings. The lowest BCUT2D eigenvalue weighted by atomic mass is 9.85. The first-order valence-electron chi connectivity index (χ1n) is 7.24. The Morgan fingerprint density at radius 3 is 2.76 bits per heavy atom. The Morgan fingerprint density at radius 2 is 2.10 bits per heavy atom. The Kier molecular flexibility index (Phi) is 4.93. The van der Waals surface area contributed by atoms with Crippen LogP contribution in [0.1, 0.15) is 38.5 Å². The van der Waals surface area contributed by atoms with E-state index in [1.165, 1.54) is 12.1 Å². The van der Waals surface area contributed by atoms with E-state index in [1.54, 1.807) is 7.05 Å². The highest BCUT2D eigenvalue weighted by molar-refractivity contribution is 6.39. The summed E-state index contributed by atoms with van der Waals surface area (Å²) in [5, 5.41) is 8.12. The van der Waals surface area contributed by atoms with Crippen LogP contribution in [0.3, 0.4) is 0 Å². The number of hydrogen-bond donors (Lipinski definition) is 1. The van der Waals surface area contributed by atoms with E-state index in [0.29, 0.717) is 25.0 Å². The van der Waals surface area contributed by atoms with Crippen LogP contribution in [0.4, 0.5) is 0 Å². The van der Waals surface area contributed by atoms with Crippen LogP contribution in [-0.4, -0.2) is 48.7 Å². The summed E-state index contributed by atoms with van der Waals surface area (Å²) in [4.78, 5) is 35.1. The van der Waals surface area contributed by atoms with Crippen molar-refractivity contribution in [2.24, 2.45) is 11.0 Å². The molecule has 1 N–H and O–H groups in total. The number of carbonyl (C=O) groups excluding carboxylic acids is 3. The van der Waals surface area contributed by atoms with Gasteiger partial charge in [0, 0.05) is 25.9 Å². The number of nitrogens with zero attached hydrogens (tertiary/aromatic N) is 2. The molecule has 116 valence electrons. The fraction of sp³-hybridized carbons (Fsp3) is 0.714. The van der Waals surface area contributed by atoms with E-state index in [0.717, 1.165) is 19.3 Å². The van der Waals surface area contributed by atoms with Crippen LogP contribution in [0.15, 0.2) is 5.10 Å². The second kappa shape index (κ2) is 6.69. The van der Waals surface area contributed by atoms with Crippen molar-refractivity contribution in [3.8, 4) is 0 Å². The Hall–Kier alpha value is -1.92. The van der Waals surface area contributed by atoms with Crippen molar-refractivity contribution in [2.75, 3.05) is 14.2 Å². The van der Waals surface area contributed by atoms with Crippen LogP contribution in [0.5, 0.6) is 0 Å². The fourth-order valence-corrected chi connectivity index (χ4v) is 2.80. The molecule has 0 unspecified atom stereocenters. The van der Waals surface area contributed by atoms with Crippen molar-refractivity contribution in [3.63, 3.8) is 0 Å². The summed E-state index contributed by atoms with van der Waals surface area (Å²) in [6.07, 6.45) is 3.80. The molecule has 21 heavy (non-hydrogen) atoms. The topological polar surface area (TPSA) is 88.1 Å². The minimum Gasteiger partial charge on any atom is -0.469 e. The van der Waals surface area contributed by atoms with Crippen LogP contribution in [0, 0.1) is 5.92 Å². The minimum atomic E-state index is -0.245. The summed E-state index contributed by atoms with van der Waals surface area (Å²) in [5.74, 6) is -0.694. The third kappa shape index (κ3) is 3.80. The standard InChI is InChI=1S/C14H21N3O4/c1-17-12(18)7-6-11(16-17)13(19)15-10-5-3-4-9(8-10)14(20)21-2/h9-10H,3-8H2,1-2H3,(H,15,19)/t9-,10+/m1/s1. The zero-order valence-electron chi connectivity index (χ0n) is 12.4. The van der Waals surface area contributed by atoms with Gasteiger partial charge in [0.15, 0.2) is 0 Å². The summed E-state index contributed by atoms with van der Waals surface area (Å²) >= 11 is 0. The van der Waals surface area contributed by atoms with E-state index in [1.807, 2.05) is 0 Å². The third-order valence-corrected chi connectivity index (χ3v) is 4.01. The molecule has 1 heterocycles. The predicted octanol–water partition coefficient (Wildman–Crippen LogP) is 0.443. The van der Waals surface area contributed by atoms with Gasteiger partial charge in [0.25, 0.3) is 5.91 Å². The Labute approximate surface area is 123 Å². The van der Waals surface area contributed by atoms with Crippen LogP contribution < -0.4 is 5.32 Å². The molecule has 0 spiro atoms. The molecule has 2 rings (SSSR count). The lowest BCUT2D eigenvalue weighted by Crippen LogP contribution is -2.44. The Bertz CT molecular complexity index is 475. The van der Waals surface area contributed by atoms with Crippen molar-refractivity contribution in [1.29, 1.82) is 0 Å². The van der Waals surface area contributed by atoms with Crippen molar-refractivity contribution in [3.05, 3.63) is 0 Å². The molecule has 0 aromatic carbocycles. The molecular weight excluding hydrogens is 274 g/mol. The molecule has 2 amide bonds. The third-order valence-electron chi connectivity index (χ3n) is 4.01. The maximum atomic E-state index is 12.2. The van der Waals surface area contributed by atoms with Gasteiger partial charge in [-0.2, -0.15) is 5.10 Å². The van der Waals surface area contributed by atoms with Crippen molar-refractivity contribution in [1.82, 2.24) is 10.3 Å². The van der Waals surface area contributed by atoms with Crippen LogP contribution in [0.2, 0.25) is 0 Å². The summed E-state index contributed by atoms with van der Waals surface area (Å²) in [5.41, 5.74) is 0.372. The van der Waals surface area contributed by atoms with Gasteiger partial charge in [-0.1, -0.05) is 6.42 Å². The van der Waals surface area contributed by atoms with Crippen molar-refractivity contribution >= 4 is 23.5 Å². The van der Waals surface area contributed by atoms with Gasteiger partial charge >= 0.3 is 5.97 Å². The highest BCUT2D eigenvalue weighted by Gasteiger charge is 2.30. The van der Waals surface area contributed by atoms with Crippen LogP contribution >= 0.6 is 0 Å². The van der Waals surface area contributed by atoms with Gasteiger partial charge in [0.2, 0.25) is 5.91 Å². The quantitative estimate of drug-likeness (QED) is 0.765. The average Bonchev–Trinajstić information content (AvgIpc) is 2.49. The van der Waals surface area contributed by atoms with Gasteiger partial charge in [0.05, 0.1) is 13.0 Å². The van der Waals surface area contributed by atoms with E-state index < -0.39 is 0 Å². The first-order valence-corrected chi connectivity index (χ1v) is 7.24. The first kappa shape index (κ1) is 15.5. The molecule has 0 saturated heterocycles. The molecule has 0 aromatic rings. The summed E-state index contributed by atoms with van der Waals surface area (Å²) in [7, 11) is 2.93. The molecule has 2 aliphatic rings. The van der Waals surface area contributed by atoms with Crippen LogP contribution in [0.25, 0.3) is 0 Å². The number of amides is 2. The molecule has 1 saturated carbocycles. The summed E-state index contributed by atoms with van der Waals surface area (Å²) in [6, 6.07) is -0.0408. The first-order chi connectivity index (χ1) is 10.0. The minimum absolute atomic E-state index is 0.0408. The van der Waals surface area contributed by atoms with Gasteiger partial charge in [-0.25, -0.2) is 5.01 Å². The van der Waals surface area contributed by atoms with E-state index >= 15 is 0 Å². The number of rotatable bonds is 3. The molecule has 2 atom stereocenters.